The van der Waals surface area contributed by atoms with Crippen LogP contribution in [-0.2, 0) is 17.6 Å². The Kier molecular flexibility index (Phi) is 4.87. The van der Waals surface area contributed by atoms with Crippen LogP contribution in [0.1, 0.15) is 32.5 Å². The topological polar surface area (TPSA) is 68.0 Å². The molecule has 0 aliphatic rings. The number of aromatic nitrogens is 2. The number of hydrogen-bond acceptors (Lipinski definition) is 4. The Bertz CT molecular complexity index is 641. The monoisotopic (exact) mass is 285 g/mol. The zero-order valence-electron chi connectivity index (χ0n) is 12.5. The van der Waals surface area contributed by atoms with Crippen LogP contribution in [-0.4, -0.2) is 16.0 Å². The van der Waals surface area contributed by atoms with Crippen molar-refractivity contribution in [2.45, 2.75) is 33.6 Å². The number of anilines is 1. The molecule has 5 nitrogen and oxygen atoms in total. The fraction of sp³-hybridized carbons (Fsp3) is 0.312. The van der Waals surface area contributed by atoms with Crippen LogP contribution in [0.3, 0.4) is 0 Å². The van der Waals surface area contributed by atoms with Gasteiger partial charge in [-0.3, -0.25) is 4.79 Å². The van der Waals surface area contributed by atoms with Crippen molar-refractivity contribution in [2.24, 2.45) is 0 Å². The van der Waals surface area contributed by atoms with Gasteiger partial charge in [0.1, 0.15) is 0 Å². The summed E-state index contributed by atoms with van der Waals surface area (Å²) in [6.45, 7) is 6.11. The number of carbonyl (C=O) groups excluding carboxylic acids is 1. The van der Waals surface area contributed by atoms with E-state index in [9.17, 15) is 4.79 Å². The molecular weight excluding hydrogens is 266 g/mol. The van der Waals surface area contributed by atoms with Gasteiger partial charge in [-0.15, -0.1) is 0 Å². The van der Waals surface area contributed by atoms with Crippen molar-refractivity contribution in [2.75, 3.05) is 5.32 Å². The summed E-state index contributed by atoms with van der Waals surface area (Å²) in [6.07, 6.45) is 0.724. The second-order valence-electron chi connectivity index (χ2n) is 5.15. The number of nitrogens with zero attached hydrogens (tertiary/aromatic N) is 2. The van der Waals surface area contributed by atoms with E-state index in [4.69, 9.17) is 4.52 Å². The lowest BCUT2D eigenvalue weighted by Gasteiger charge is -2.02. The Morgan fingerprint density at radius 1 is 1.14 bits per heavy atom. The molecule has 0 bridgehead atoms. The largest absolute Gasteiger partial charge is 0.339 e. The Balaban J connectivity index is 1.93. The second kappa shape index (κ2) is 6.83. The minimum Gasteiger partial charge on any atom is -0.339 e. The lowest BCUT2D eigenvalue weighted by atomic mass is 10.1. The highest BCUT2D eigenvalue weighted by Crippen LogP contribution is 2.10. The van der Waals surface area contributed by atoms with Gasteiger partial charge in [-0.1, -0.05) is 34.5 Å². The number of amides is 1. The van der Waals surface area contributed by atoms with Crippen molar-refractivity contribution in [1.82, 2.24) is 10.1 Å². The van der Waals surface area contributed by atoms with Gasteiger partial charge in [-0.05, 0) is 32.9 Å². The maximum atomic E-state index is 11.9. The summed E-state index contributed by atoms with van der Waals surface area (Å²) in [6, 6.07) is 9.29. The van der Waals surface area contributed by atoms with E-state index in [1.54, 1.807) is 0 Å². The van der Waals surface area contributed by atoms with Gasteiger partial charge in [0.2, 0.25) is 11.8 Å². The van der Waals surface area contributed by atoms with Crippen molar-refractivity contribution in [3.63, 3.8) is 0 Å². The number of carbonyl (C=O) groups is 1. The number of benzene rings is 1. The highest BCUT2D eigenvalue weighted by atomic mass is 16.5. The van der Waals surface area contributed by atoms with Crippen LogP contribution in [0, 0.1) is 0 Å². The van der Waals surface area contributed by atoms with E-state index in [1.807, 2.05) is 51.1 Å². The van der Waals surface area contributed by atoms with E-state index in [0.717, 1.165) is 5.69 Å². The van der Waals surface area contributed by atoms with Crippen LogP contribution >= 0.6 is 0 Å². The van der Waals surface area contributed by atoms with E-state index < -0.39 is 0 Å². The molecule has 21 heavy (non-hydrogen) atoms. The summed E-state index contributed by atoms with van der Waals surface area (Å²) < 4.78 is 5.16. The molecule has 0 unspecified atom stereocenters. The van der Waals surface area contributed by atoms with Gasteiger partial charge in [0, 0.05) is 12.1 Å². The lowest BCUT2D eigenvalue weighted by molar-refractivity contribution is -0.115. The molecule has 1 aromatic carbocycles. The third-order valence-corrected chi connectivity index (χ3v) is 3.16. The van der Waals surface area contributed by atoms with Crippen molar-refractivity contribution < 1.29 is 9.32 Å². The van der Waals surface area contributed by atoms with E-state index in [2.05, 4.69) is 15.5 Å². The first-order chi connectivity index (χ1) is 10.0. The quantitative estimate of drug-likeness (QED) is 0.857. The number of rotatable bonds is 5. The van der Waals surface area contributed by atoms with Crippen LogP contribution in [0.5, 0.6) is 0 Å². The summed E-state index contributed by atoms with van der Waals surface area (Å²) >= 11 is 0. The van der Waals surface area contributed by atoms with E-state index >= 15 is 0 Å². The normalized spacial score (nSPS) is 10.2. The molecule has 110 valence electrons. The predicted molar refractivity (Wildman–Crippen MR) is 80.8 cm³/mol. The summed E-state index contributed by atoms with van der Waals surface area (Å²) in [7, 11) is 0. The molecule has 1 amide bonds. The maximum Gasteiger partial charge on any atom is 0.232 e. The SMILES string of the molecule is CC(C)=C(C)Cc1nc(CC(=O)Nc2ccccc2)no1. The summed E-state index contributed by atoms with van der Waals surface area (Å²) in [5.74, 6) is 0.781. The Labute approximate surface area is 124 Å². The number of hydrogen-bond donors (Lipinski definition) is 1. The predicted octanol–water partition coefficient (Wildman–Crippen LogP) is 3.15. The molecule has 2 rings (SSSR count). The Hall–Kier alpha value is -2.43. The fourth-order valence-electron chi connectivity index (χ4n) is 1.71. The molecule has 2 aromatic rings. The minimum absolute atomic E-state index is 0.103. The molecule has 0 saturated carbocycles. The van der Waals surface area contributed by atoms with Crippen LogP contribution in [0.2, 0.25) is 0 Å². The van der Waals surface area contributed by atoms with Gasteiger partial charge in [0.05, 0.1) is 6.42 Å². The third kappa shape index (κ3) is 4.56. The van der Waals surface area contributed by atoms with Crippen LogP contribution in [0.25, 0.3) is 0 Å². The zero-order chi connectivity index (χ0) is 15.2. The summed E-state index contributed by atoms with van der Waals surface area (Å²) in [5.41, 5.74) is 3.18. The van der Waals surface area contributed by atoms with Crippen LogP contribution in [0.15, 0.2) is 46.0 Å². The molecule has 0 radical (unpaired) electrons. The second-order valence-corrected chi connectivity index (χ2v) is 5.15. The molecule has 0 aliphatic heterocycles. The highest BCUT2D eigenvalue weighted by molar-refractivity contribution is 5.91. The van der Waals surface area contributed by atoms with Crippen LogP contribution < -0.4 is 5.32 Å². The lowest BCUT2D eigenvalue weighted by Crippen LogP contribution is -2.15. The van der Waals surface area contributed by atoms with Gasteiger partial charge >= 0.3 is 0 Å². The maximum absolute atomic E-state index is 11.9. The summed E-state index contributed by atoms with van der Waals surface area (Å²) in [4.78, 5) is 16.1. The number of nitrogens with one attached hydrogen (secondary N) is 1. The van der Waals surface area contributed by atoms with Crippen molar-refractivity contribution >= 4 is 11.6 Å². The van der Waals surface area contributed by atoms with Crippen molar-refractivity contribution in [3.05, 3.63) is 53.2 Å². The zero-order valence-corrected chi connectivity index (χ0v) is 12.5. The van der Waals surface area contributed by atoms with Crippen LogP contribution in [0.4, 0.5) is 5.69 Å². The highest BCUT2D eigenvalue weighted by Gasteiger charge is 2.11. The van der Waals surface area contributed by atoms with Gasteiger partial charge in [0.25, 0.3) is 0 Å². The average molecular weight is 285 g/mol. The van der Waals surface area contributed by atoms with E-state index in [0.29, 0.717) is 18.1 Å². The van der Waals surface area contributed by atoms with E-state index in [1.165, 1.54) is 11.1 Å². The summed E-state index contributed by atoms with van der Waals surface area (Å²) in [5, 5.41) is 6.63. The first kappa shape index (κ1) is 15.0. The Morgan fingerprint density at radius 3 is 2.52 bits per heavy atom. The van der Waals surface area contributed by atoms with Gasteiger partial charge in [0.15, 0.2) is 5.82 Å². The third-order valence-electron chi connectivity index (χ3n) is 3.16. The molecule has 1 heterocycles. The van der Waals surface area contributed by atoms with Gasteiger partial charge < -0.3 is 9.84 Å². The molecule has 1 N–H and O–H groups in total. The van der Waals surface area contributed by atoms with Crippen molar-refractivity contribution in [3.8, 4) is 0 Å². The molecule has 0 spiro atoms. The first-order valence-corrected chi connectivity index (χ1v) is 6.84. The Morgan fingerprint density at radius 2 is 1.86 bits per heavy atom. The minimum atomic E-state index is -0.160. The number of para-hydroxylation sites is 1. The molecule has 5 heteroatoms. The standard InChI is InChI=1S/C16H19N3O2/c1-11(2)12(3)9-16-18-14(19-21-16)10-15(20)17-13-7-5-4-6-8-13/h4-8H,9-10H2,1-3H3,(H,17,20). The van der Waals surface area contributed by atoms with Crippen molar-refractivity contribution in [1.29, 1.82) is 0 Å². The molecule has 0 atom stereocenters. The average Bonchev–Trinajstić information content (AvgIpc) is 2.86. The number of allylic oxidation sites excluding steroid dienone is 2. The smallest absolute Gasteiger partial charge is 0.232 e. The molecule has 0 fully saturated rings. The fourth-order valence-corrected chi connectivity index (χ4v) is 1.71. The van der Waals surface area contributed by atoms with Gasteiger partial charge in [-0.25, -0.2) is 0 Å². The first-order valence-electron chi connectivity index (χ1n) is 6.84. The molecule has 1 aromatic heterocycles. The van der Waals surface area contributed by atoms with Gasteiger partial charge in [-0.2, -0.15) is 4.98 Å². The molecule has 0 aliphatic carbocycles. The van der Waals surface area contributed by atoms with E-state index in [-0.39, 0.29) is 12.3 Å². The molecular formula is C16H19N3O2. The molecule has 0 saturated heterocycles.